The predicted octanol–water partition coefficient (Wildman–Crippen LogP) is 2.62. The van der Waals surface area contributed by atoms with Crippen LogP contribution in [0.5, 0.6) is 11.5 Å². The molecular weight excluding hydrogens is 370 g/mol. The zero-order valence-electron chi connectivity index (χ0n) is 16.7. The van der Waals surface area contributed by atoms with Gasteiger partial charge in [-0.05, 0) is 42.7 Å². The van der Waals surface area contributed by atoms with Gasteiger partial charge in [0.05, 0.1) is 25.8 Å². The van der Waals surface area contributed by atoms with E-state index in [2.05, 4.69) is 0 Å². The molecule has 2 heterocycles. The van der Waals surface area contributed by atoms with Crippen LogP contribution in [-0.2, 0) is 16.0 Å². The van der Waals surface area contributed by atoms with Crippen molar-refractivity contribution in [3.8, 4) is 11.5 Å². The monoisotopic (exact) mass is 395 g/mol. The maximum atomic E-state index is 13.3. The molecule has 0 bridgehead atoms. The predicted molar refractivity (Wildman–Crippen MR) is 112 cm³/mol. The third kappa shape index (κ3) is 3.37. The summed E-state index contributed by atoms with van der Waals surface area (Å²) >= 11 is 0. The minimum absolute atomic E-state index is 0.0279. The molecule has 0 spiro atoms. The van der Waals surface area contributed by atoms with Crippen molar-refractivity contribution in [1.82, 2.24) is 0 Å². The molecule has 1 saturated heterocycles. The molecule has 2 aliphatic heterocycles. The number of ether oxygens (including phenoxy) is 2. The molecule has 7 nitrogen and oxygen atoms in total. The number of anilines is 3. The summed E-state index contributed by atoms with van der Waals surface area (Å²) in [5.74, 6) is 0.674. The fourth-order valence-corrected chi connectivity index (χ4v) is 4.21. The fourth-order valence-electron chi connectivity index (χ4n) is 4.21. The van der Waals surface area contributed by atoms with Crippen molar-refractivity contribution in [1.29, 1.82) is 0 Å². The molecule has 2 N–H and O–H groups in total. The SMILES string of the molecule is COc1ccc(N2CC(C(=O)N3CCCc4c(N)cccc43)CC2=O)c(OC)c1. The smallest absolute Gasteiger partial charge is 0.232 e. The van der Waals surface area contributed by atoms with Crippen LogP contribution >= 0.6 is 0 Å². The minimum atomic E-state index is -0.401. The van der Waals surface area contributed by atoms with Gasteiger partial charge in [0.1, 0.15) is 11.5 Å². The van der Waals surface area contributed by atoms with Crippen molar-refractivity contribution >= 4 is 28.9 Å². The highest BCUT2D eigenvalue weighted by atomic mass is 16.5. The largest absolute Gasteiger partial charge is 0.497 e. The van der Waals surface area contributed by atoms with Gasteiger partial charge in [-0.2, -0.15) is 0 Å². The number of benzene rings is 2. The standard InChI is InChI=1S/C22H25N3O4/c1-28-15-8-9-19(20(12-15)29-2)25-13-14(11-21(25)26)22(27)24-10-4-5-16-17(23)6-3-7-18(16)24/h3,6-9,12,14H,4-5,10-11,13,23H2,1-2H3. The number of amides is 2. The average molecular weight is 395 g/mol. The van der Waals surface area contributed by atoms with Gasteiger partial charge in [-0.25, -0.2) is 0 Å². The van der Waals surface area contributed by atoms with E-state index in [4.69, 9.17) is 15.2 Å². The van der Waals surface area contributed by atoms with Gasteiger partial charge in [-0.3, -0.25) is 9.59 Å². The molecule has 0 aromatic heterocycles. The first kappa shape index (κ1) is 19.1. The van der Waals surface area contributed by atoms with Crippen molar-refractivity contribution in [2.45, 2.75) is 19.3 Å². The number of nitrogen functional groups attached to an aromatic ring is 1. The van der Waals surface area contributed by atoms with Crippen LogP contribution in [-0.4, -0.2) is 39.1 Å². The van der Waals surface area contributed by atoms with E-state index >= 15 is 0 Å². The Morgan fingerprint density at radius 3 is 2.72 bits per heavy atom. The third-order valence-electron chi connectivity index (χ3n) is 5.70. The highest BCUT2D eigenvalue weighted by Crippen LogP contribution is 2.38. The van der Waals surface area contributed by atoms with Gasteiger partial charge >= 0.3 is 0 Å². The highest BCUT2D eigenvalue weighted by molar-refractivity contribution is 6.05. The van der Waals surface area contributed by atoms with Gasteiger partial charge in [0.2, 0.25) is 11.8 Å². The number of nitrogens with zero attached hydrogens (tertiary/aromatic N) is 2. The van der Waals surface area contributed by atoms with Crippen molar-refractivity contribution in [3.63, 3.8) is 0 Å². The number of hydrogen-bond donors (Lipinski definition) is 1. The van der Waals surface area contributed by atoms with Crippen molar-refractivity contribution < 1.29 is 19.1 Å². The van der Waals surface area contributed by atoms with Crippen LogP contribution in [0.2, 0.25) is 0 Å². The van der Waals surface area contributed by atoms with Crippen LogP contribution < -0.4 is 25.0 Å². The van der Waals surface area contributed by atoms with Gasteiger partial charge in [0, 0.05) is 37.0 Å². The molecule has 4 rings (SSSR count). The number of carbonyl (C=O) groups excluding carboxylic acids is 2. The molecule has 0 saturated carbocycles. The van der Waals surface area contributed by atoms with Gasteiger partial charge in [0.15, 0.2) is 0 Å². The zero-order chi connectivity index (χ0) is 20.5. The minimum Gasteiger partial charge on any atom is -0.497 e. The van der Waals surface area contributed by atoms with E-state index < -0.39 is 5.92 Å². The Labute approximate surface area is 170 Å². The Bertz CT molecular complexity index is 959. The Balaban J connectivity index is 1.58. The van der Waals surface area contributed by atoms with Crippen molar-refractivity contribution in [2.24, 2.45) is 5.92 Å². The molecule has 1 unspecified atom stereocenters. The molecule has 29 heavy (non-hydrogen) atoms. The summed E-state index contributed by atoms with van der Waals surface area (Å²) in [5.41, 5.74) is 9.36. The summed E-state index contributed by atoms with van der Waals surface area (Å²) in [6.45, 7) is 0.973. The van der Waals surface area contributed by atoms with E-state index in [0.717, 1.165) is 24.1 Å². The molecule has 1 fully saturated rings. The molecule has 2 aromatic rings. The lowest BCUT2D eigenvalue weighted by atomic mass is 9.97. The zero-order valence-corrected chi connectivity index (χ0v) is 16.7. The van der Waals surface area contributed by atoms with Crippen LogP contribution in [0.15, 0.2) is 36.4 Å². The number of fused-ring (bicyclic) bond motifs is 1. The van der Waals surface area contributed by atoms with E-state index in [1.807, 2.05) is 18.2 Å². The normalized spacial score (nSPS) is 18.6. The Hall–Kier alpha value is -3.22. The number of hydrogen-bond acceptors (Lipinski definition) is 5. The first-order valence-electron chi connectivity index (χ1n) is 9.74. The van der Waals surface area contributed by atoms with Crippen LogP contribution in [0.25, 0.3) is 0 Å². The first-order chi connectivity index (χ1) is 14.0. The second kappa shape index (κ2) is 7.66. The first-order valence-corrected chi connectivity index (χ1v) is 9.74. The maximum Gasteiger partial charge on any atom is 0.232 e. The molecule has 2 amide bonds. The van der Waals surface area contributed by atoms with Crippen molar-refractivity contribution in [2.75, 3.05) is 42.8 Å². The third-order valence-corrected chi connectivity index (χ3v) is 5.70. The summed E-state index contributed by atoms with van der Waals surface area (Å²) in [4.78, 5) is 29.5. The number of carbonyl (C=O) groups is 2. The molecule has 2 aliphatic rings. The van der Waals surface area contributed by atoms with Gasteiger partial charge in [0.25, 0.3) is 0 Å². The van der Waals surface area contributed by atoms with E-state index in [1.54, 1.807) is 42.2 Å². The van der Waals surface area contributed by atoms with Crippen LogP contribution in [0.3, 0.4) is 0 Å². The molecule has 152 valence electrons. The summed E-state index contributed by atoms with van der Waals surface area (Å²) in [5, 5.41) is 0. The maximum absolute atomic E-state index is 13.3. The van der Waals surface area contributed by atoms with Gasteiger partial charge in [-0.1, -0.05) is 6.07 Å². The van der Waals surface area contributed by atoms with Crippen LogP contribution in [0.1, 0.15) is 18.4 Å². The Kier molecular flexibility index (Phi) is 5.05. The van der Waals surface area contributed by atoms with E-state index in [-0.39, 0.29) is 18.2 Å². The summed E-state index contributed by atoms with van der Waals surface area (Å²) < 4.78 is 10.7. The fraction of sp³-hybridized carbons (Fsp3) is 0.364. The second-order valence-electron chi connectivity index (χ2n) is 7.38. The lowest BCUT2D eigenvalue weighted by Gasteiger charge is -2.32. The molecule has 7 heteroatoms. The molecular formula is C22H25N3O4. The lowest BCUT2D eigenvalue weighted by Crippen LogP contribution is -2.40. The molecule has 0 aliphatic carbocycles. The quantitative estimate of drug-likeness (QED) is 0.805. The van der Waals surface area contributed by atoms with Gasteiger partial charge in [-0.15, -0.1) is 0 Å². The van der Waals surface area contributed by atoms with E-state index in [1.165, 1.54) is 0 Å². The average Bonchev–Trinajstić information content (AvgIpc) is 3.14. The van der Waals surface area contributed by atoms with Crippen LogP contribution in [0.4, 0.5) is 17.1 Å². The second-order valence-corrected chi connectivity index (χ2v) is 7.38. The molecule has 0 radical (unpaired) electrons. The topological polar surface area (TPSA) is 85.1 Å². The van der Waals surface area contributed by atoms with E-state index in [9.17, 15) is 9.59 Å². The van der Waals surface area contributed by atoms with Crippen molar-refractivity contribution in [3.05, 3.63) is 42.0 Å². The lowest BCUT2D eigenvalue weighted by molar-refractivity contribution is -0.124. The summed E-state index contributed by atoms with van der Waals surface area (Å²) in [6, 6.07) is 11.0. The molecule has 1 atom stereocenters. The van der Waals surface area contributed by atoms with Gasteiger partial charge < -0.3 is 25.0 Å². The number of methoxy groups -OCH3 is 2. The van der Waals surface area contributed by atoms with Crippen LogP contribution in [0, 0.1) is 5.92 Å². The van der Waals surface area contributed by atoms with E-state index in [0.29, 0.717) is 36.0 Å². The number of rotatable bonds is 4. The summed E-state index contributed by atoms with van der Waals surface area (Å²) in [6.07, 6.45) is 1.91. The number of nitrogens with two attached hydrogens (primary N) is 1. The Morgan fingerprint density at radius 2 is 1.97 bits per heavy atom. The molecule has 2 aromatic carbocycles. The Morgan fingerprint density at radius 1 is 1.14 bits per heavy atom. The highest BCUT2D eigenvalue weighted by Gasteiger charge is 2.39. The summed E-state index contributed by atoms with van der Waals surface area (Å²) in [7, 11) is 3.13.